The topological polar surface area (TPSA) is 61.2 Å². The summed E-state index contributed by atoms with van der Waals surface area (Å²) < 4.78 is 20.2. The van der Waals surface area contributed by atoms with Crippen molar-refractivity contribution in [1.82, 2.24) is 9.55 Å². The quantitative estimate of drug-likeness (QED) is 0.326. The standard InChI is InChI=1S/C20H16ClFN2O3S/c1-12(18(25)13-4-3-5-14(21)10-13)27-19(26)17-11-23-20(28-2)24(17)16-8-6-15(22)7-9-16/h3-12H,1-2H3/t12-/m0/s1. The van der Waals surface area contributed by atoms with Gasteiger partial charge in [0.05, 0.1) is 6.20 Å². The summed E-state index contributed by atoms with van der Waals surface area (Å²) in [7, 11) is 0. The van der Waals surface area contributed by atoms with Gasteiger partial charge in [0.15, 0.2) is 17.0 Å². The Morgan fingerprint density at radius 3 is 2.57 bits per heavy atom. The van der Waals surface area contributed by atoms with Crippen LogP contribution in [0.3, 0.4) is 0 Å². The average molecular weight is 419 g/mol. The second-order valence-corrected chi connectivity index (χ2v) is 7.07. The van der Waals surface area contributed by atoms with Gasteiger partial charge < -0.3 is 4.74 Å². The van der Waals surface area contributed by atoms with Gasteiger partial charge in [-0.1, -0.05) is 35.5 Å². The minimum atomic E-state index is -1.01. The third kappa shape index (κ3) is 4.26. The zero-order valence-electron chi connectivity index (χ0n) is 15.1. The normalized spacial score (nSPS) is 11.9. The number of ketones is 1. The summed E-state index contributed by atoms with van der Waals surface area (Å²) in [4.78, 5) is 29.4. The molecule has 0 bridgehead atoms. The van der Waals surface area contributed by atoms with E-state index in [1.807, 2.05) is 6.26 Å². The van der Waals surface area contributed by atoms with Crippen LogP contribution in [0.15, 0.2) is 59.9 Å². The maximum absolute atomic E-state index is 13.3. The van der Waals surface area contributed by atoms with Crippen LogP contribution < -0.4 is 0 Å². The number of carbonyl (C=O) groups is 2. The minimum Gasteiger partial charge on any atom is -0.450 e. The van der Waals surface area contributed by atoms with Gasteiger partial charge in [-0.05, 0) is 49.6 Å². The van der Waals surface area contributed by atoms with Crippen LogP contribution in [-0.4, -0.2) is 33.7 Å². The van der Waals surface area contributed by atoms with Crippen molar-refractivity contribution < 1.29 is 18.7 Å². The first kappa shape index (κ1) is 20.1. The predicted octanol–water partition coefficient (Wildman–Crippen LogP) is 4.81. The van der Waals surface area contributed by atoms with E-state index in [1.54, 1.807) is 22.8 Å². The lowest BCUT2D eigenvalue weighted by atomic mass is 10.1. The number of thioether (sulfide) groups is 1. The number of hydrogen-bond acceptors (Lipinski definition) is 5. The fourth-order valence-electron chi connectivity index (χ4n) is 2.61. The molecule has 0 aliphatic rings. The number of imidazole rings is 1. The van der Waals surface area contributed by atoms with Crippen LogP contribution in [0.2, 0.25) is 5.02 Å². The third-order valence-corrected chi connectivity index (χ3v) is 4.86. The summed E-state index contributed by atoms with van der Waals surface area (Å²) in [6, 6.07) is 12.1. The molecule has 28 heavy (non-hydrogen) atoms. The molecule has 1 atom stereocenters. The van der Waals surface area contributed by atoms with Gasteiger partial charge in [0, 0.05) is 16.3 Å². The molecule has 0 unspecified atom stereocenters. The number of carbonyl (C=O) groups excluding carboxylic acids is 2. The number of nitrogens with zero attached hydrogens (tertiary/aromatic N) is 2. The molecule has 3 aromatic rings. The summed E-state index contributed by atoms with van der Waals surface area (Å²) in [5, 5.41) is 0.954. The lowest BCUT2D eigenvalue weighted by molar-refractivity contribution is 0.0310. The number of benzene rings is 2. The number of ether oxygens (including phenoxy) is 1. The van der Waals surface area contributed by atoms with E-state index in [1.165, 1.54) is 55.2 Å². The molecular formula is C20H16ClFN2O3S. The lowest BCUT2D eigenvalue weighted by Gasteiger charge is -2.14. The highest BCUT2D eigenvalue weighted by Gasteiger charge is 2.24. The molecule has 1 heterocycles. The van der Waals surface area contributed by atoms with Crippen LogP contribution in [0.4, 0.5) is 4.39 Å². The zero-order valence-corrected chi connectivity index (χ0v) is 16.6. The van der Waals surface area contributed by atoms with Gasteiger partial charge in [-0.25, -0.2) is 14.2 Å². The SMILES string of the molecule is CSc1ncc(C(=O)O[C@@H](C)C(=O)c2cccc(Cl)c2)n1-c1ccc(F)cc1. The first-order valence-corrected chi connectivity index (χ1v) is 9.89. The highest BCUT2D eigenvalue weighted by Crippen LogP contribution is 2.23. The number of Topliss-reactive ketones (excluding diaryl/α,β-unsaturated/α-hetero) is 1. The van der Waals surface area contributed by atoms with Crippen molar-refractivity contribution in [3.05, 3.63) is 76.8 Å². The maximum atomic E-state index is 13.3. The fourth-order valence-corrected chi connectivity index (χ4v) is 3.35. The molecule has 2 aromatic carbocycles. The molecule has 144 valence electrons. The monoisotopic (exact) mass is 418 g/mol. The Balaban J connectivity index is 1.85. The Labute approximate surface area is 170 Å². The Morgan fingerprint density at radius 1 is 1.21 bits per heavy atom. The summed E-state index contributed by atoms with van der Waals surface area (Å²) in [5.41, 5.74) is 1.05. The molecule has 0 spiro atoms. The van der Waals surface area contributed by atoms with Gasteiger partial charge in [0.2, 0.25) is 5.78 Å². The number of hydrogen-bond donors (Lipinski definition) is 0. The van der Waals surface area contributed by atoms with Gasteiger partial charge in [-0.15, -0.1) is 0 Å². The fraction of sp³-hybridized carbons (Fsp3) is 0.150. The van der Waals surface area contributed by atoms with Gasteiger partial charge in [-0.2, -0.15) is 0 Å². The van der Waals surface area contributed by atoms with Gasteiger partial charge in [-0.3, -0.25) is 9.36 Å². The summed E-state index contributed by atoms with van der Waals surface area (Å²) >= 11 is 7.24. The highest BCUT2D eigenvalue weighted by atomic mass is 35.5. The molecule has 1 aromatic heterocycles. The Bertz CT molecular complexity index is 1020. The van der Waals surface area contributed by atoms with E-state index in [4.69, 9.17) is 16.3 Å². The molecule has 0 amide bonds. The maximum Gasteiger partial charge on any atom is 0.357 e. The highest BCUT2D eigenvalue weighted by molar-refractivity contribution is 7.98. The van der Waals surface area contributed by atoms with E-state index < -0.39 is 12.1 Å². The first-order valence-electron chi connectivity index (χ1n) is 8.29. The lowest BCUT2D eigenvalue weighted by Crippen LogP contribution is -2.25. The molecule has 0 aliphatic carbocycles. The van der Waals surface area contributed by atoms with Gasteiger partial charge in [0.25, 0.3) is 0 Å². The van der Waals surface area contributed by atoms with Crippen molar-refractivity contribution in [3.63, 3.8) is 0 Å². The van der Waals surface area contributed by atoms with Crippen LogP contribution in [-0.2, 0) is 4.74 Å². The zero-order chi connectivity index (χ0) is 20.3. The molecule has 0 aliphatic heterocycles. The Kier molecular flexibility index (Phi) is 6.16. The van der Waals surface area contributed by atoms with Crippen LogP contribution in [0.5, 0.6) is 0 Å². The molecular weight excluding hydrogens is 403 g/mol. The Morgan fingerprint density at radius 2 is 1.93 bits per heavy atom. The summed E-state index contributed by atoms with van der Waals surface area (Å²) in [6.45, 7) is 1.50. The van der Waals surface area contributed by atoms with Gasteiger partial charge >= 0.3 is 5.97 Å². The van der Waals surface area contributed by atoms with E-state index >= 15 is 0 Å². The van der Waals surface area contributed by atoms with E-state index in [0.717, 1.165) is 0 Å². The van der Waals surface area contributed by atoms with Gasteiger partial charge in [0.1, 0.15) is 5.82 Å². The smallest absolute Gasteiger partial charge is 0.357 e. The minimum absolute atomic E-state index is 0.140. The molecule has 0 N–H and O–H groups in total. The molecule has 0 saturated heterocycles. The predicted molar refractivity (Wildman–Crippen MR) is 106 cm³/mol. The van der Waals surface area contributed by atoms with Crippen molar-refractivity contribution in [1.29, 1.82) is 0 Å². The number of esters is 1. The largest absolute Gasteiger partial charge is 0.450 e. The van der Waals surface area contributed by atoms with Crippen LogP contribution in [0, 0.1) is 5.82 Å². The first-order chi connectivity index (χ1) is 13.4. The second kappa shape index (κ2) is 8.58. The molecule has 0 fully saturated rings. The van der Waals surface area contributed by atoms with E-state index in [-0.39, 0.29) is 17.3 Å². The van der Waals surface area contributed by atoms with Crippen LogP contribution >= 0.6 is 23.4 Å². The van der Waals surface area contributed by atoms with E-state index in [9.17, 15) is 14.0 Å². The molecule has 5 nitrogen and oxygen atoms in total. The molecule has 0 radical (unpaired) electrons. The van der Waals surface area contributed by atoms with Crippen molar-refractivity contribution in [2.24, 2.45) is 0 Å². The van der Waals surface area contributed by atoms with Crippen molar-refractivity contribution in [3.8, 4) is 5.69 Å². The molecule has 0 saturated carbocycles. The van der Waals surface area contributed by atoms with E-state index in [0.29, 0.717) is 21.4 Å². The van der Waals surface area contributed by atoms with Crippen molar-refractivity contribution in [2.75, 3.05) is 6.26 Å². The van der Waals surface area contributed by atoms with Crippen molar-refractivity contribution >= 4 is 35.1 Å². The average Bonchev–Trinajstić information content (AvgIpc) is 3.12. The van der Waals surface area contributed by atoms with E-state index in [2.05, 4.69) is 4.98 Å². The summed E-state index contributed by atoms with van der Waals surface area (Å²) in [5.74, 6) is -1.46. The molecule has 3 rings (SSSR count). The third-order valence-electron chi connectivity index (χ3n) is 3.97. The Hall–Kier alpha value is -2.64. The van der Waals surface area contributed by atoms with Crippen LogP contribution in [0.1, 0.15) is 27.8 Å². The second-order valence-electron chi connectivity index (χ2n) is 5.86. The number of aromatic nitrogens is 2. The van der Waals surface area contributed by atoms with Crippen molar-refractivity contribution in [2.45, 2.75) is 18.2 Å². The number of rotatable bonds is 6. The molecule has 8 heteroatoms. The van der Waals surface area contributed by atoms with Crippen LogP contribution in [0.25, 0.3) is 5.69 Å². The number of halogens is 2. The summed E-state index contributed by atoms with van der Waals surface area (Å²) in [6.07, 6.45) is 2.16.